The zero-order valence-electron chi connectivity index (χ0n) is 10.8. The van der Waals surface area contributed by atoms with Gasteiger partial charge in [-0.05, 0) is 17.7 Å². The minimum absolute atomic E-state index is 0.0924. The van der Waals surface area contributed by atoms with Gasteiger partial charge >= 0.3 is 0 Å². The highest BCUT2D eigenvalue weighted by molar-refractivity contribution is 5.40. The summed E-state index contributed by atoms with van der Waals surface area (Å²) >= 11 is 0. The molecule has 2 aromatic carbocycles. The number of hydrogen-bond donors (Lipinski definition) is 0. The van der Waals surface area contributed by atoms with Gasteiger partial charge in [-0.3, -0.25) is 0 Å². The standard InChI is InChI=1S/C16H12F2O2/c1-3-14-15(17)8-13(9-16(14)18)20-10-11-4-6-12(19-2)7-5-11/h1,4-9H,10H2,2H3. The Labute approximate surface area is 116 Å². The Morgan fingerprint density at radius 2 is 1.65 bits per heavy atom. The quantitative estimate of drug-likeness (QED) is 0.794. The number of rotatable bonds is 4. The van der Waals surface area contributed by atoms with Crippen LogP contribution in [-0.4, -0.2) is 7.11 Å². The molecule has 0 heterocycles. The zero-order valence-corrected chi connectivity index (χ0v) is 10.8. The van der Waals surface area contributed by atoms with Crippen molar-refractivity contribution in [2.24, 2.45) is 0 Å². The van der Waals surface area contributed by atoms with Crippen LogP contribution in [0.25, 0.3) is 0 Å². The minimum atomic E-state index is -0.808. The molecule has 0 aromatic heterocycles. The third-order valence-electron chi connectivity index (χ3n) is 2.72. The van der Waals surface area contributed by atoms with Crippen molar-refractivity contribution in [1.29, 1.82) is 0 Å². The third kappa shape index (κ3) is 3.07. The van der Waals surface area contributed by atoms with E-state index in [1.54, 1.807) is 31.4 Å². The molecule has 0 saturated heterocycles. The van der Waals surface area contributed by atoms with Crippen LogP contribution < -0.4 is 9.47 Å². The highest BCUT2D eigenvalue weighted by Gasteiger charge is 2.09. The average Bonchev–Trinajstić information content (AvgIpc) is 2.45. The maximum Gasteiger partial charge on any atom is 0.145 e. The van der Waals surface area contributed by atoms with Gasteiger partial charge < -0.3 is 9.47 Å². The molecule has 2 rings (SSSR count). The predicted molar refractivity (Wildman–Crippen MR) is 71.6 cm³/mol. The summed E-state index contributed by atoms with van der Waals surface area (Å²) in [4.78, 5) is 0. The van der Waals surface area contributed by atoms with Crippen molar-refractivity contribution >= 4 is 0 Å². The van der Waals surface area contributed by atoms with E-state index < -0.39 is 11.6 Å². The van der Waals surface area contributed by atoms with Crippen molar-refractivity contribution in [2.45, 2.75) is 6.61 Å². The molecule has 0 radical (unpaired) electrons. The van der Waals surface area contributed by atoms with E-state index >= 15 is 0 Å². The highest BCUT2D eigenvalue weighted by Crippen LogP contribution is 2.21. The zero-order chi connectivity index (χ0) is 14.5. The maximum atomic E-state index is 13.5. The fraction of sp³-hybridized carbons (Fsp3) is 0.125. The molecule has 2 nitrogen and oxygen atoms in total. The van der Waals surface area contributed by atoms with E-state index in [0.717, 1.165) is 23.4 Å². The summed E-state index contributed by atoms with van der Waals surface area (Å²) in [5.74, 6) is 1.16. The second kappa shape index (κ2) is 6.07. The monoisotopic (exact) mass is 274 g/mol. The van der Waals surface area contributed by atoms with Gasteiger partial charge in [0.2, 0.25) is 0 Å². The van der Waals surface area contributed by atoms with E-state index in [-0.39, 0.29) is 17.9 Å². The van der Waals surface area contributed by atoms with E-state index in [2.05, 4.69) is 0 Å². The normalized spacial score (nSPS) is 9.90. The molecule has 2 aromatic rings. The first-order valence-electron chi connectivity index (χ1n) is 5.85. The molecule has 0 aliphatic carbocycles. The van der Waals surface area contributed by atoms with Crippen LogP contribution in [0.5, 0.6) is 11.5 Å². The van der Waals surface area contributed by atoms with E-state index in [1.165, 1.54) is 0 Å². The van der Waals surface area contributed by atoms with Gasteiger partial charge in [-0.25, -0.2) is 8.78 Å². The lowest BCUT2D eigenvalue weighted by Crippen LogP contribution is -1.98. The van der Waals surface area contributed by atoms with E-state index in [4.69, 9.17) is 15.9 Å². The molecule has 0 aliphatic heterocycles. The molecule has 0 aliphatic rings. The van der Waals surface area contributed by atoms with Crippen molar-refractivity contribution in [2.75, 3.05) is 7.11 Å². The Bertz CT molecular complexity index is 620. The van der Waals surface area contributed by atoms with Crippen LogP contribution in [0.2, 0.25) is 0 Å². The number of benzene rings is 2. The Hall–Kier alpha value is -2.54. The van der Waals surface area contributed by atoms with Crippen molar-refractivity contribution in [3.8, 4) is 23.8 Å². The summed E-state index contributed by atoms with van der Waals surface area (Å²) in [6.45, 7) is 0.193. The number of ether oxygens (including phenoxy) is 2. The fourth-order valence-corrected chi connectivity index (χ4v) is 1.66. The fourth-order valence-electron chi connectivity index (χ4n) is 1.66. The minimum Gasteiger partial charge on any atom is -0.497 e. The summed E-state index contributed by atoms with van der Waals surface area (Å²) in [6.07, 6.45) is 5.01. The van der Waals surface area contributed by atoms with Gasteiger partial charge in [-0.2, -0.15) is 0 Å². The van der Waals surface area contributed by atoms with Gasteiger partial charge in [-0.15, -0.1) is 6.42 Å². The lowest BCUT2D eigenvalue weighted by molar-refractivity contribution is 0.302. The third-order valence-corrected chi connectivity index (χ3v) is 2.72. The Balaban J connectivity index is 2.09. The van der Waals surface area contributed by atoms with Crippen LogP contribution in [-0.2, 0) is 6.61 Å². The highest BCUT2D eigenvalue weighted by atomic mass is 19.1. The second-order valence-electron chi connectivity index (χ2n) is 4.04. The number of hydrogen-bond acceptors (Lipinski definition) is 2. The van der Waals surface area contributed by atoms with E-state index in [0.29, 0.717) is 0 Å². The molecule has 0 atom stereocenters. The van der Waals surface area contributed by atoms with Gasteiger partial charge in [0, 0.05) is 12.1 Å². The molecule has 0 bridgehead atoms. The molecular formula is C16H12F2O2. The molecule has 0 fully saturated rings. The van der Waals surface area contributed by atoms with Crippen LogP contribution >= 0.6 is 0 Å². The molecule has 0 saturated carbocycles. The Morgan fingerprint density at radius 3 is 2.15 bits per heavy atom. The van der Waals surface area contributed by atoms with Crippen LogP contribution in [0.1, 0.15) is 11.1 Å². The average molecular weight is 274 g/mol. The predicted octanol–water partition coefficient (Wildman–Crippen LogP) is 3.53. The number of halogens is 2. The molecule has 4 heteroatoms. The van der Waals surface area contributed by atoms with Crippen molar-refractivity contribution in [3.63, 3.8) is 0 Å². The van der Waals surface area contributed by atoms with Crippen LogP contribution in [0.4, 0.5) is 8.78 Å². The molecule has 0 unspecified atom stereocenters. The van der Waals surface area contributed by atoms with Gasteiger partial charge in [0.15, 0.2) is 0 Å². The summed E-state index contributed by atoms with van der Waals surface area (Å²) < 4.78 is 37.3. The molecule has 0 amide bonds. The number of terminal acetylenes is 1. The first-order chi connectivity index (χ1) is 9.63. The van der Waals surface area contributed by atoms with Crippen LogP contribution in [0.15, 0.2) is 36.4 Å². The van der Waals surface area contributed by atoms with Crippen LogP contribution in [0.3, 0.4) is 0 Å². The molecular weight excluding hydrogens is 262 g/mol. The van der Waals surface area contributed by atoms with Gasteiger partial charge in [-0.1, -0.05) is 18.1 Å². The first kappa shape index (κ1) is 13.9. The van der Waals surface area contributed by atoms with E-state index in [1.807, 2.05) is 5.92 Å². The Kier molecular flexibility index (Phi) is 4.21. The van der Waals surface area contributed by atoms with Crippen molar-refractivity contribution in [1.82, 2.24) is 0 Å². The van der Waals surface area contributed by atoms with Crippen LogP contribution in [0, 0.1) is 24.0 Å². The number of methoxy groups -OCH3 is 1. The topological polar surface area (TPSA) is 18.5 Å². The lowest BCUT2D eigenvalue weighted by atomic mass is 10.2. The molecule has 0 N–H and O–H groups in total. The second-order valence-corrected chi connectivity index (χ2v) is 4.04. The van der Waals surface area contributed by atoms with Gasteiger partial charge in [0.25, 0.3) is 0 Å². The Morgan fingerprint density at radius 1 is 1.05 bits per heavy atom. The molecule has 20 heavy (non-hydrogen) atoms. The van der Waals surface area contributed by atoms with Gasteiger partial charge in [0.1, 0.15) is 29.7 Å². The van der Waals surface area contributed by atoms with Crippen molar-refractivity contribution < 1.29 is 18.3 Å². The summed E-state index contributed by atoms with van der Waals surface area (Å²) in [6, 6.07) is 9.31. The largest absolute Gasteiger partial charge is 0.497 e. The lowest BCUT2D eigenvalue weighted by Gasteiger charge is -2.08. The van der Waals surface area contributed by atoms with E-state index in [9.17, 15) is 8.78 Å². The molecule has 0 spiro atoms. The van der Waals surface area contributed by atoms with Crippen molar-refractivity contribution in [3.05, 3.63) is 59.2 Å². The molecule has 102 valence electrons. The smallest absolute Gasteiger partial charge is 0.145 e. The van der Waals surface area contributed by atoms with Gasteiger partial charge in [0.05, 0.1) is 12.7 Å². The maximum absolute atomic E-state index is 13.5. The first-order valence-corrected chi connectivity index (χ1v) is 5.85. The summed E-state index contributed by atoms with van der Waals surface area (Å²) in [7, 11) is 1.57. The summed E-state index contributed by atoms with van der Waals surface area (Å²) in [5, 5.41) is 0. The SMILES string of the molecule is C#Cc1c(F)cc(OCc2ccc(OC)cc2)cc1F. The summed E-state index contributed by atoms with van der Waals surface area (Å²) in [5.41, 5.74) is 0.467.